The van der Waals surface area contributed by atoms with Gasteiger partial charge in [-0.15, -0.1) is 0 Å². The summed E-state index contributed by atoms with van der Waals surface area (Å²) in [6, 6.07) is 0. The van der Waals surface area contributed by atoms with Crippen molar-refractivity contribution in [3.05, 3.63) is 23.8 Å². The molecular formula is C28H38O4. The van der Waals surface area contributed by atoms with Gasteiger partial charge in [-0.2, -0.15) is 0 Å². The van der Waals surface area contributed by atoms with E-state index in [1.54, 1.807) is 0 Å². The quantitative estimate of drug-likeness (QED) is 0.533. The molecule has 0 aromatic rings. The van der Waals surface area contributed by atoms with Crippen LogP contribution in [-0.2, 0) is 19.1 Å². The van der Waals surface area contributed by atoms with E-state index in [0.29, 0.717) is 41.1 Å². The highest BCUT2D eigenvalue weighted by atomic mass is 16.6. The van der Waals surface area contributed by atoms with Crippen molar-refractivity contribution in [3.63, 3.8) is 0 Å². The highest BCUT2D eigenvalue weighted by molar-refractivity contribution is 6.01. The first kappa shape index (κ1) is 21.1. The summed E-state index contributed by atoms with van der Waals surface area (Å²) in [6.07, 6.45) is 12.1. The van der Waals surface area contributed by atoms with Crippen molar-refractivity contribution in [3.8, 4) is 0 Å². The number of cyclic esters (lactones) is 1. The molecule has 0 N–H and O–H groups in total. The summed E-state index contributed by atoms with van der Waals surface area (Å²) < 4.78 is 12.6. The van der Waals surface area contributed by atoms with Crippen LogP contribution in [0.5, 0.6) is 0 Å². The van der Waals surface area contributed by atoms with Gasteiger partial charge in [0.1, 0.15) is 6.10 Å². The highest BCUT2D eigenvalue weighted by Gasteiger charge is 2.66. The number of carbonyl (C=O) groups excluding carboxylic acids is 2. The molecule has 4 aliphatic carbocycles. The Morgan fingerprint density at radius 3 is 2.50 bits per heavy atom. The number of ether oxygens (including phenoxy) is 2. The maximum Gasteiger partial charge on any atom is 0.309 e. The van der Waals surface area contributed by atoms with E-state index in [1.165, 1.54) is 24.8 Å². The van der Waals surface area contributed by atoms with E-state index in [2.05, 4.69) is 33.8 Å². The SMILES string of the molecule is C[C@@H]1[C@H]([C@H]2OC(=O)[C@H](C)[C@H]2C)O[C@H]2C[C@H]3[C@@H]4CCC5=CC(=O)C=C[C@]5(C)[C@H]4CC[C@]3(C)[C@@H]12. The summed E-state index contributed by atoms with van der Waals surface area (Å²) in [7, 11) is 0. The van der Waals surface area contributed by atoms with Gasteiger partial charge in [-0.1, -0.05) is 46.3 Å². The third-order valence-electron chi connectivity index (χ3n) is 11.3. The van der Waals surface area contributed by atoms with Gasteiger partial charge in [0.25, 0.3) is 0 Å². The molecule has 5 fully saturated rings. The highest BCUT2D eigenvalue weighted by Crippen LogP contribution is 2.69. The summed E-state index contributed by atoms with van der Waals surface area (Å²) in [5, 5.41) is 0. The summed E-state index contributed by atoms with van der Waals surface area (Å²) in [5.74, 6) is 3.28. The molecule has 12 atom stereocenters. The fourth-order valence-corrected chi connectivity index (χ4v) is 9.43. The molecule has 174 valence electrons. The Labute approximate surface area is 192 Å². The van der Waals surface area contributed by atoms with Crippen LogP contribution in [0.2, 0.25) is 0 Å². The summed E-state index contributed by atoms with van der Waals surface area (Å²) in [4.78, 5) is 24.2. The summed E-state index contributed by atoms with van der Waals surface area (Å²) >= 11 is 0. The topological polar surface area (TPSA) is 52.6 Å². The Balaban J connectivity index is 1.26. The molecule has 2 aliphatic heterocycles. The van der Waals surface area contributed by atoms with Crippen LogP contribution in [0.1, 0.15) is 66.7 Å². The lowest BCUT2D eigenvalue weighted by Crippen LogP contribution is -2.50. The molecule has 6 aliphatic rings. The molecule has 0 unspecified atom stereocenters. The van der Waals surface area contributed by atoms with E-state index in [4.69, 9.17) is 9.47 Å². The lowest BCUT2D eigenvalue weighted by atomic mass is 9.47. The van der Waals surface area contributed by atoms with Crippen LogP contribution in [0.4, 0.5) is 0 Å². The van der Waals surface area contributed by atoms with Crippen molar-refractivity contribution in [2.75, 3.05) is 0 Å². The van der Waals surface area contributed by atoms with Crippen molar-refractivity contribution < 1.29 is 19.1 Å². The second-order valence-corrected chi connectivity index (χ2v) is 12.5. The zero-order valence-electron chi connectivity index (χ0n) is 20.2. The van der Waals surface area contributed by atoms with Crippen LogP contribution >= 0.6 is 0 Å². The van der Waals surface area contributed by atoms with Crippen molar-refractivity contribution in [2.24, 2.45) is 52.3 Å². The van der Waals surface area contributed by atoms with Crippen molar-refractivity contribution >= 4 is 11.8 Å². The van der Waals surface area contributed by atoms with Crippen LogP contribution in [0, 0.1) is 52.3 Å². The summed E-state index contributed by atoms with van der Waals surface area (Å²) in [6.45, 7) is 11.4. The zero-order chi connectivity index (χ0) is 22.6. The fraction of sp³-hybridized carbons (Fsp3) is 0.786. The van der Waals surface area contributed by atoms with Gasteiger partial charge in [-0.3, -0.25) is 9.59 Å². The van der Waals surface area contributed by atoms with Crippen molar-refractivity contribution in [1.82, 2.24) is 0 Å². The van der Waals surface area contributed by atoms with Gasteiger partial charge in [0.05, 0.1) is 18.1 Å². The predicted molar refractivity (Wildman–Crippen MR) is 122 cm³/mol. The van der Waals surface area contributed by atoms with Crippen LogP contribution in [0.3, 0.4) is 0 Å². The van der Waals surface area contributed by atoms with E-state index in [9.17, 15) is 9.59 Å². The van der Waals surface area contributed by atoms with Gasteiger partial charge in [0.15, 0.2) is 5.78 Å². The predicted octanol–water partition coefficient (Wildman–Crippen LogP) is 5.12. The number of esters is 1. The summed E-state index contributed by atoms with van der Waals surface area (Å²) in [5.41, 5.74) is 1.71. The average Bonchev–Trinajstić information content (AvgIpc) is 3.33. The van der Waals surface area contributed by atoms with Gasteiger partial charge in [0.2, 0.25) is 0 Å². The number of hydrogen-bond donors (Lipinski definition) is 0. The van der Waals surface area contributed by atoms with Crippen molar-refractivity contribution in [1.29, 1.82) is 0 Å². The molecule has 3 saturated carbocycles. The molecule has 0 bridgehead atoms. The van der Waals surface area contributed by atoms with Gasteiger partial charge in [0, 0.05) is 11.3 Å². The lowest BCUT2D eigenvalue weighted by molar-refractivity contribution is -0.150. The van der Waals surface area contributed by atoms with Gasteiger partial charge in [-0.05, 0) is 79.3 Å². The molecule has 6 rings (SSSR count). The number of ketones is 1. The number of allylic oxidation sites excluding steroid dienone is 4. The largest absolute Gasteiger partial charge is 0.459 e. The first-order chi connectivity index (χ1) is 15.1. The Morgan fingerprint density at radius 1 is 1.00 bits per heavy atom. The molecule has 2 saturated heterocycles. The maximum atomic E-state index is 12.2. The normalized spacial score (nSPS) is 56.2. The molecule has 0 aromatic carbocycles. The molecule has 0 spiro atoms. The molecule has 0 aromatic heterocycles. The average molecular weight is 439 g/mol. The van der Waals surface area contributed by atoms with Gasteiger partial charge >= 0.3 is 5.97 Å². The molecule has 2 heterocycles. The van der Waals surface area contributed by atoms with E-state index in [1.807, 2.05) is 19.1 Å². The Bertz CT molecular complexity index is 918. The minimum Gasteiger partial charge on any atom is -0.459 e. The third kappa shape index (κ3) is 2.59. The van der Waals surface area contributed by atoms with E-state index in [-0.39, 0.29) is 41.2 Å². The fourth-order valence-electron chi connectivity index (χ4n) is 9.43. The van der Waals surface area contributed by atoms with E-state index >= 15 is 0 Å². The van der Waals surface area contributed by atoms with Crippen LogP contribution in [0.25, 0.3) is 0 Å². The molecule has 32 heavy (non-hydrogen) atoms. The number of rotatable bonds is 1. The van der Waals surface area contributed by atoms with Gasteiger partial charge in [-0.25, -0.2) is 0 Å². The minimum atomic E-state index is -0.0947. The van der Waals surface area contributed by atoms with Crippen molar-refractivity contribution in [2.45, 2.75) is 85.0 Å². The smallest absolute Gasteiger partial charge is 0.309 e. The second kappa shape index (κ2) is 6.81. The molecule has 0 radical (unpaired) electrons. The number of carbonyl (C=O) groups is 2. The standard InChI is InChI=1S/C28H38O4/c1-14-15(2)26(30)32-24(14)25-16(3)23-22(31-25)13-21-19-7-6-17-12-18(29)8-10-27(17,4)20(19)9-11-28(21,23)5/h8,10,12,14-16,19-25H,6-7,9,11,13H2,1-5H3/t14-,15-,16+,19-,20+,21+,22+,23+,24+,25-,27+,28+/m1/s1. The Kier molecular flexibility index (Phi) is 4.50. The monoisotopic (exact) mass is 438 g/mol. The third-order valence-corrected chi connectivity index (χ3v) is 11.3. The number of fused-ring (bicyclic) bond motifs is 7. The molecule has 4 heteroatoms. The van der Waals surface area contributed by atoms with Crippen LogP contribution in [-0.4, -0.2) is 30.1 Å². The van der Waals surface area contributed by atoms with Crippen LogP contribution in [0.15, 0.2) is 23.8 Å². The first-order valence-corrected chi connectivity index (χ1v) is 13.0. The van der Waals surface area contributed by atoms with E-state index in [0.717, 1.165) is 12.8 Å². The second-order valence-electron chi connectivity index (χ2n) is 12.5. The molecule has 4 nitrogen and oxygen atoms in total. The Morgan fingerprint density at radius 2 is 1.78 bits per heavy atom. The van der Waals surface area contributed by atoms with Crippen LogP contribution < -0.4 is 0 Å². The minimum absolute atomic E-state index is 0.0318. The zero-order valence-corrected chi connectivity index (χ0v) is 20.2. The maximum absolute atomic E-state index is 12.2. The van der Waals surface area contributed by atoms with Gasteiger partial charge < -0.3 is 9.47 Å². The van der Waals surface area contributed by atoms with E-state index < -0.39 is 0 Å². The number of hydrogen-bond acceptors (Lipinski definition) is 4. The first-order valence-electron chi connectivity index (χ1n) is 13.0. The molecular weight excluding hydrogens is 400 g/mol. The lowest BCUT2D eigenvalue weighted by Gasteiger charge is -2.57. The Hall–Kier alpha value is -1.42. The molecule has 0 amide bonds.